The normalized spacial score (nSPS) is 8.40. The Kier molecular flexibility index (Phi) is 19.9. The zero-order valence-electron chi connectivity index (χ0n) is 9.97. The second-order valence-corrected chi connectivity index (χ2v) is 3.12. The Balaban J connectivity index is -0.000000170. The van der Waals surface area contributed by atoms with Crippen LogP contribution in [0.4, 0.5) is 0 Å². The molecule has 0 bridgehead atoms. The minimum Gasteiger partial charge on any atom is -0.448 e. The van der Waals surface area contributed by atoms with Crippen LogP contribution in [-0.4, -0.2) is 61.0 Å². The smallest absolute Gasteiger partial charge is 0.448 e. The van der Waals surface area contributed by atoms with Gasteiger partial charge < -0.3 is 9.80 Å². The van der Waals surface area contributed by atoms with Crippen LogP contribution < -0.4 is 0 Å². The summed E-state index contributed by atoms with van der Waals surface area (Å²) in [6.45, 7) is 2.00. The van der Waals surface area contributed by atoms with E-state index in [0.717, 1.165) is 0 Å². The van der Waals surface area contributed by atoms with Gasteiger partial charge in [-0.1, -0.05) is 0 Å². The quantitative estimate of drug-likeness (QED) is 0.604. The molecule has 0 N–H and O–H groups in total. The van der Waals surface area contributed by atoms with Crippen molar-refractivity contribution >= 4 is 40.0 Å². The van der Waals surface area contributed by atoms with Gasteiger partial charge in [0.15, 0.2) is 0 Å². The Hall–Kier alpha value is 0.386. The number of nitrogens with zero attached hydrogens (tertiary/aromatic N) is 2. The van der Waals surface area contributed by atoms with Gasteiger partial charge in [0.1, 0.15) is 0 Å². The van der Waals surface area contributed by atoms with Crippen LogP contribution in [0.2, 0.25) is 0 Å². The summed E-state index contributed by atoms with van der Waals surface area (Å²) in [5.41, 5.74) is 0. The summed E-state index contributed by atoms with van der Waals surface area (Å²) in [4.78, 5) is 4.00. The minimum atomic E-state index is 0. The summed E-state index contributed by atoms with van der Waals surface area (Å²) in [7, 11) is 8.00. The second kappa shape index (κ2) is 14.4. The van der Waals surface area contributed by atoms with Crippen molar-refractivity contribution in [3.63, 3.8) is 0 Å². The van der Waals surface area contributed by atoms with E-state index in [1.165, 1.54) is 0 Å². The van der Waals surface area contributed by atoms with Gasteiger partial charge in [-0.25, -0.2) is 6.67 Å². The van der Waals surface area contributed by atoms with E-state index in [1.807, 2.05) is 75.0 Å². The molecule has 1 rings (SSSR count). The Labute approximate surface area is 121 Å². The van der Waals surface area contributed by atoms with Crippen LogP contribution in [0.15, 0.2) is 30.3 Å². The van der Waals surface area contributed by atoms with Crippen molar-refractivity contribution in [2.24, 2.45) is 0 Å². The Morgan fingerprint density at radius 2 is 1.27 bits per heavy atom. The summed E-state index contributed by atoms with van der Waals surface area (Å²) in [6, 6.07) is 12.5. The molecule has 0 aliphatic heterocycles. The van der Waals surface area contributed by atoms with Crippen LogP contribution in [0.3, 0.4) is 0 Å². The first-order valence-corrected chi connectivity index (χ1v) is 4.22. The number of benzene rings is 1. The fourth-order valence-corrected chi connectivity index (χ4v) is 0.804. The van der Waals surface area contributed by atoms with E-state index in [0.29, 0.717) is 0 Å². The first-order valence-electron chi connectivity index (χ1n) is 4.22. The SMILES string of the molecule is Br.CN(C)[CH-]N(C)C.[Mg+2].[c-]1ccccc1. The Morgan fingerprint density at radius 1 is 0.867 bits per heavy atom. The average molecular weight is 283 g/mol. The van der Waals surface area contributed by atoms with Gasteiger partial charge in [-0.15, -0.1) is 17.0 Å². The molecule has 0 aromatic heterocycles. The molecule has 0 heterocycles. The maximum atomic E-state index is 2.89. The van der Waals surface area contributed by atoms with Gasteiger partial charge in [-0.2, -0.15) is 36.4 Å². The number of hydrogen-bond donors (Lipinski definition) is 0. The monoisotopic (exact) mass is 282 g/mol. The van der Waals surface area contributed by atoms with E-state index < -0.39 is 0 Å². The predicted molar refractivity (Wildman–Crippen MR) is 73.0 cm³/mol. The van der Waals surface area contributed by atoms with Gasteiger partial charge in [-0.3, -0.25) is 0 Å². The molecule has 0 saturated carbocycles. The van der Waals surface area contributed by atoms with E-state index in [-0.39, 0.29) is 40.0 Å². The van der Waals surface area contributed by atoms with Crippen molar-refractivity contribution in [1.29, 1.82) is 0 Å². The Morgan fingerprint density at radius 3 is 1.33 bits per heavy atom. The molecule has 15 heavy (non-hydrogen) atoms. The summed E-state index contributed by atoms with van der Waals surface area (Å²) in [6.07, 6.45) is 0. The molecule has 4 heteroatoms. The first kappa shape index (κ1) is 20.8. The molecule has 1 aromatic carbocycles. The first-order chi connectivity index (χ1) is 6.13. The van der Waals surface area contributed by atoms with Crippen molar-refractivity contribution in [1.82, 2.24) is 9.80 Å². The fourth-order valence-electron chi connectivity index (χ4n) is 0.804. The van der Waals surface area contributed by atoms with Crippen LogP contribution in [0.5, 0.6) is 0 Å². The maximum Gasteiger partial charge on any atom is 2.00 e. The molecular formula is C11H19BrMgN2. The second-order valence-electron chi connectivity index (χ2n) is 3.12. The fraction of sp³-hybridized carbons (Fsp3) is 0.364. The molecule has 0 fully saturated rings. The van der Waals surface area contributed by atoms with Gasteiger partial charge in [0.2, 0.25) is 0 Å². The molecule has 82 valence electrons. The Bertz CT molecular complexity index is 160. The molecule has 0 atom stereocenters. The predicted octanol–water partition coefficient (Wildman–Crippen LogP) is 1.91. The van der Waals surface area contributed by atoms with Crippen molar-refractivity contribution in [3.8, 4) is 0 Å². The zero-order valence-corrected chi connectivity index (χ0v) is 13.1. The summed E-state index contributed by atoms with van der Waals surface area (Å²) in [5.74, 6) is 0. The van der Waals surface area contributed by atoms with Crippen LogP contribution in [0.25, 0.3) is 0 Å². The van der Waals surface area contributed by atoms with Crippen LogP contribution >= 0.6 is 17.0 Å². The third kappa shape index (κ3) is 20.5. The van der Waals surface area contributed by atoms with Crippen molar-refractivity contribution in [3.05, 3.63) is 43.1 Å². The van der Waals surface area contributed by atoms with Crippen LogP contribution in [0, 0.1) is 12.7 Å². The molecule has 0 radical (unpaired) electrons. The van der Waals surface area contributed by atoms with Gasteiger partial charge in [0.05, 0.1) is 0 Å². The van der Waals surface area contributed by atoms with E-state index in [9.17, 15) is 0 Å². The van der Waals surface area contributed by atoms with Gasteiger partial charge in [0, 0.05) is 0 Å². The minimum absolute atomic E-state index is 0. The zero-order chi connectivity index (χ0) is 10.1. The van der Waals surface area contributed by atoms with Crippen molar-refractivity contribution in [2.45, 2.75) is 0 Å². The number of halogens is 1. The molecule has 0 saturated heterocycles. The topological polar surface area (TPSA) is 6.48 Å². The standard InChI is InChI=1S/C6H5.C5H13N2.BrH.Mg/c1-2-4-6-5-3-1;1-6(2)5-7(3)4;;/h1-5H;5H,1-4H3;1H;/q2*-1;;+2. The number of hydrogen-bond acceptors (Lipinski definition) is 2. The molecule has 0 aliphatic carbocycles. The molecular weight excluding hydrogens is 264 g/mol. The summed E-state index contributed by atoms with van der Waals surface area (Å²) in [5, 5.41) is 0. The third-order valence-electron chi connectivity index (χ3n) is 1.07. The largest absolute Gasteiger partial charge is 2.00 e. The van der Waals surface area contributed by atoms with E-state index >= 15 is 0 Å². The molecule has 0 aliphatic rings. The van der Waals surface area contributed by atoms with E-state index in [1.54, 1.807) is 0 Å². The van der Waals surface area contributed by atoms with Crippen LogP contribution in [0.1, 0.15) is 0 Å². The summed E-state index contributed by atoms with van der Waals surface area (Å²) >= 11 is 0. The van der Waals surface area contributed by atoms with Gasteiger partial charge in [0.25, 0.3) is 0 Å². The van der Waals surface area contributed by atoms with Gasteiger partial charge in [-0.05, 0) is 28.2 Å². The average Bonchev–Trinajstić information content (AvgIpc) is 2.06. The molecule has 0 amide bonds. The molecule has 0 spiro atoms. The molecule has 1 aromatic rings. The molecule has 2 nitrogen and oxygen atoms in total. The van der Waals surface area contributed by atoms with E-state index in [2.05, 4.69) is 6.07 Å². The van der Waals surface area contributed by atoms with Crippen molar-refractivity contribution < 1.29 is 0 Å². The van der Waals surface area contributed by atoms with Crippen LogP contribution in [-0.2, 0) is 0 Å². The van der Waals surface area contributed by atoms with Gasteiger partial charge >= 0.3 is 23.1 Å². The summed E-state index contributed by atoms with van der Waals surface area (Å²) < 4.78 is 0. The molecule has 0 unspecified atom stereocenters. The number of rotatable bonds is 2. The van der Waals surface area contributed by atoms with Crippen molar-refractivity contribution in [2.75, 3.05) is 28.2 Å². The van der Waals surface area contributed by atoms with E-state index in [4.69, 9.17) is 0 Å². The third-order valence-corrected chi connectivity index (χ3v) is 1.07. The maximum absolute atomic E-state index is 2.89.